The second kappa shape index (κ2) is 10.3. The number of aromatic nitrogens is 1. The summed E-state index contributed by atoms with van der Waals surface area (Å²) in [5.74, 6) is -0.0817. The molecule has 0 fully saturated rings. The quantitative estimate of drug-likeness (QED) is 0.506. The molecule has 8 nitrogen and oxygen atoms in total. The first-order valence-corrected chi connectivity index (χ1v) is 12.7. The van der Waals surface area contributed by atoms with E-state index in [4.69, 9.17) is 16.3 Å². The molecule has 2 amide bonds. The van der Waals surface area contributed by atoms with Gasteiger partial charge in [-0.05, 0) is 36.2 Å². The molecule has 1 aromatic heterocycles. The van der Waals surface area contributed by atoms with Crippen molar-refractivity contribution in [1.29, 1.82) is 0 Å². The van der Waals surface area contributed by atoms with Gasteiger partial charge in [0.2, 0.25) is 5.91 Å². The van der Waals surface area contributed by atoms with Gasteiger partial charge < -0.3 is 9.64 Å². The van der Waals surface area contributed by atoms with Crippen molar-refractivity contribution in [3.63, 3.8) is 0 Å². The highest BCUT2D eigenvalue weighted by molar-refractivity contribution is 7.90. The lowest BCUT2D eigenvalue weighted by Crippen LogP contribution is -2.31. The van der Waals surface area contributed by atoms with Crippen LogP contribution < -0.4 is 5.32 Å². The average molecular weight is 496 g/mol. The molecule has 0 bridgehead atoms. The highest BCUT2D eigenvalue weighted by atomic mass is 35.5. The summed E-state index contributed by atoms with van der Waals surface area (Å²) in [5, 5.41) is 3.45. The van der Waals surface area contributed by atoms with Crippen molar-refractivity contribution in [3.05, 3.63) is 53.1 Å². The van der Waals surface area contributed by atoms with Gasteiger partial charge in [0.05, 0.1) is 21.7 Å². The fraction of sp³-hybridized carbons (Fsp3) is 0.286. The van der Waals surface area contributed by atoms with Crippen molar-refractivity contribution in [1.82, 2.24) is 9.88 Å². The molecule has 0 aliphatic carbocycles. The number of hydrogen-bond acceptors (Lipinski definition) is 7. The van der Waals surface area contributed by atoms with Crippen molar-refractivity contribution >= 4 is 60.1 Å². The normalized spacial score (nSPS) is 11.3. The number of fused-ring (bicyclic) bond motifs is 1. The molecule has 170 valence electrons. The van der Waals surface area contributed by atoms with E-state index in [1.807, 2.05) is 18.2 Å². The van der Waals surface area contributed by atoms with Gasteiger partial charge in [0.25, 0.3) is 0 Å². The van der Waals surface area contributed by atoms with Crippen molar-refractivity contribution in [2.75, 3.05) is 31.8 Å². The average Bonchev–Trinajstić information content (AvgIpc) is 3.13. The Morgan fingerprint density at radius 1 is 1.22 bits per heavy atom. The Bertz CT molecular complexity index is 1240. The molecule has 3 aromatic rings. The van der Waals surface area contributed by atoms with E-state index < -0.39 is 15.9 Å². The van der Waals surface area contributed by atoms with E-state index in [0.717, 1.165) is 23.2 Å². The largest absolute Gasteiger partial charge is 0.447 e. The molecule has 32 heavy (non-hydrogen) atoms. The van der Waals surface area contributed by atoms with Crippen LogP contribution in [0.2, 0.25) is 5.02 Å². The molecule has 0 aliphatic rings. The second-order valence-corrected chi connectivity index (χ2v) is 10.5. The van der Waals surface area contributed by atoms with E-state index in [1.54, 1.807) is 19.2 Å². The third-order valence-corrected chi connectivity index (χ3v) is 7.06. The van der Waals surface area contributed by atoms with E-state index in [2.05, 4.69) is 10.3 Å². The molecular weight excluding hydrogens is 474 g/mol. The summed E-state index contributed by atoms with van der Waals surface area (Å²) >= 11 is 7.25. The molecule has 0 aliphatic heterocycles. The minimum absolute atomic E-state index is 0.0172. The number of aryl methyl sites for hydroxylation is 1. The predicted molar refractivity (Wildman–Crippen MR) is 125 cm³/mol. The topological polar surface area (TPSA) is 106 Å². The lowest BCUT2D eigenvalue weighted by molar-refractivity contribution is -0.130. The van der Waals surface area contributed by atoms with Crippen LogP contribution in [0.25, 0.3) is 10.2 Å². The van der Waals surface area contributed by atoms with Gasteiger partial charge in [0.1, 0.15) is 6.61 Å². The summed E-state index contributed by atoms with van der Waals surface area (Å²) in [7, 11) is -1.69. The van der Waals surface area contributed by atoms with Crippen LogP contribution in [0, 0.1) is 0 Å². The molecule has 0 spiro atoms. The maximum absolute atomic E-state index is 12.3. The Hall–Kier alpha value is -2.69. The van der Waals surface area contributed by atoms with Crippen molar-refractivity contribution in [2.24, 2.45) is 0 Å². The van der Waals surface area contributed by atoms with Gasteiger partial charge in [0, 0.05) is 24.7 Å². The fourth-order valence-electron chi connectivity index (χ4n) is 2.85. The van der Waals surface area contributed by atoms with Crippen molar-refractivity contribution in [3.8, 4) is 0 Å². The molecule has 0 radical (unpaired) electrons. The number of anilines is 1. The summed E-state index contributed by atoms with van der Waals surface area (Å²) in [5.41, 5.74) is 1.48. The summed E-state index contributed by atoms with van der Waals surface area (Å²) in [4.78, 5) is 30.2. The molecule has 11 heteroatoms. The van der Waals surface area contributed by atoms with Crippen LogP contribution in [0.1, 0.15) is 12.0 Å². The summed E-state index contributed by atoms with van der Waals surface area (Å²) in [6, 6.07) is 11.9. The maximum Gasteiger partial charge on any atom is 0.413 e. The molecule has 1 heterocycles. The Balaban J connectivity index is 1.45. The van der Waals surface area contributed by atoms with E-state index >= 15 is 0 Å². The number of ether oxygens (including phenoxy) is 1. The minimum Gasteiger partial charge on any atom is -0.447 e. The zero-order valence-electron chi connectivity index (χ0n) is 17.5. The number of hydrogen-bond donors (Lipinski definition) is 1. The SMILES string of the molecule is CN(CCOC(=O)Nc1nc2ccc(S(C)(=O)=O)cc2s1)C(=O)CCc1ccccc1Cl. The summed E-state index contributed by atoms with van der Waals surface area (Å²) < 4.78 is 29.1. The molecular formula is C21H22ClN3O5S2. The smallest absolute Gasteiger partial charge is 0.413 e. The van der Waals surface area contributed by atoms with Gasteiger partial charge in [-0.15, -0.1) is 0 Å². The van der Waals surface area contributed by atoms with Crippen LogP contribution in [-0.2, 0) is 25.8 Å². The van der Waals surface area contributed by atoms with Gasteiger partial charge in [-0.3, -0.25) is 10.1 Å². The Kier molecular flexibility index (Phi) is 7.70. The third-order valence-electron chi connectivity index (χ3n) is 4.65. The zero-order chi connectivity index (χ0) is 23.3. The highest BCUT2D eigenvalue weighted by Gasteiger charge is 2.14. The predicted octanol–water partition coefficient (Wildman–Crippen LogP) is 3.99. The number of nitrogens with one attached hydrogen (secondary N) is 1. The first kappa shape index (κ1) is 24.0. The molecule has 0 atom stereocenters. The number of carbonyl (C=O) groups excluding carboxylic acids is 2. The highest BCUT2D eigenvalue weighted by Crippen LogP contribution is 2.28. The van der Waals surface area contributed by atoms with Gasteiger partial charge in [-0.2, -0.15) is 0 Å². The van der Waals surface area contributed by atoms with Gasteiger partial charge in [0.15, 0.2) is 15.0 Å². The number of benzene rings is 2. The van der Waals surface area contributed by atoms with Crippen LogP contribution in [0.5, 0.6) is 0 Å². The monoisotopic (exact) mass is 495 g/mol. The fourth-order valence-corrected chi connectivity index (χ4v) is 4.69. The third kappa shape index (κ3) is 6.41. The van der Waals surface area contributed by atoms with Crippen LogP contribution in [0.3, 0.4) is 0 Å². The zero-order valence-corrected chi connectivity index (χ0v) is 19.9. The van der Waals surface area contributed by atoms with Gasteiger partial charge >= 0.3 is 6.09 Å². The van der Waals surface area contributed by atoms with Crippen molar-refractivity contribution < 1.29 is 22.7 Å². The Labute approximate surface area is 195 Å². The Morgan fingerprint density at radius 2 is 1.97 bits per heavy atom. The maximum atomic E-state index is 12.3. The lowest BCUT2D eigenvalue weighted by atomic mass is 10.1. The number of amides is 2. The minimum atomic E-state index is -3.33. The summed E-state index contributed by atoms with van der Waals surface area (Å²) in [6.45, 7) is 0.260. The number of thiazole rings is 1. The van der Waals surface area contributed by atoms with Gasteiger partial charge in [-0.1, -0.05) is 41.1 Å². The van der Waals surface area contributed by atoms with Crippen LogP contribution in [0.15, 0.2) is 47.4 Å². The molecule has 0 saturated heterocycles. The number of likely N-dealkylation sites (N-methyl/N-ethyl adjacent to an activating group) is 1. The van der Waals surface area contributed by atoms with E-state index in [1.165, 1.54) is 17.0 Å². The molecule has 2 aromatic carbocycles. The number of sulfone groups is 1. The van der Waals surface area contributed by atoms with Gasteiger partial charge in [-0.25, -0.2) is 18.2 Å². The van der Waals surface area contributed by atoms with Crippen LogP contribution in [0.4, 0.5) is 9.93 Å². The van der Waals surface area contributed by atoms with E-state index in [9.17, 15) is 18.0 Å². The van der Waals surface area contributed by atoms with E-state index in [0.29, 0.717) is 33.2 Å². The number of carbonyl (C=O) groups is 2. The first-order chi connectivity index (χ1) is 15.1. The molecule has 0 saturated carbocycles. The molecule has 1 N–H and O–H groups in total. The van der Waals surface area contributed by atoms with Crippen LogP contribution >= 0.6 is 22.9 Å². The lowest BCUT2D eigenvalue weighted by Gasteiger charge is -2.17. The second-order valence-electron chi connectivity index (χ2n) is 7.09. The van der Waals surface area contributed by atoms with E-state index in [-0.39, 0.29) is 24.0 Å². The summed E-state index contributed by atoms with van der Waals surface area (Å²) in [6.07, 6.45) is 1.25. The molecule has 0 unspecified atom stereocenters. The number of halogens is 1. The molecule has 3 rings (SSSR count). The number of nitrogens with zero attached hydrogens (tertiary/aromatic N) is 2. The number of rotatable bonds is 8. The van der Waals surface area contributed by atoms with Crippen LogP contribution in [-0.4, -0.2) is 56.8 Å². The van der Waals surface area contributed by atoms with Crippen molar-refractivity contribution in [2.45, 2.75) is 17.7 Å². The first-order valence-electron chi connectivity index (χ1n) is 9.65. The Morgan fingerprint density at radius 3 is 2.69 bits per heavy atom. The standard InChI is InChI=1S/C21H22ClN3O5S2/c1-25(19(26)10-7-14-5-3-4-6-16(14)22)11-12-30-21(27)24-20-23-17-9-8-15(32(2,28)29)13-18(17)31-20/h3-6,8-9,13H,7,10-12H2,1-2H3,(H,23,24,27).